The van der Waals surface area contributed by atoms with Gasteiger partial charge in [-0.2, -0.15) is 0 Å². The van der Waals surface area contributed by atoms with Gasteiger partial charge in [0.25, 0.3) is 10.0 Å². The van der Waals surface area contributed by atoms with Crippen LogP contribution in [-0.4, -0.2) is 50.4 Å². The maximum absolute atomic E-state index is 14.8. The van der Waals surface area contributed by atoms with E-state index < -0.39 is 34.3 Å². The van der Waals surface area contributed by atoms with Crippen LogP contribution >= 0.6 is 0 Å². The van der Waals surface area contributed by atoms with Crippen LogP contribution in [-0.2, 0) is 26.2 Å². The van der Waals surface area contributed by atoms with Gasteiger partial charge >= 0.3 is 0 Å². The number of sulfonamides is 1. The molecule has 3 aromatic rings. The molecule has 0 bridgehead atoms. The molecular formula is C32H38FN3O5S. The molecule has 1 unspecified atom stereocenters. The minimum atomic E-state index is -4.25. The smallest absolute Gasteiger partial charge is 0.264 e. The molecule has 42 heavy (non-hydrogen) atoms. The molecule has 0 spiro atoms. The molecule has 4 rings (SSSR count). The zero-order chi connectivity index (χ0) is 30.3. The Bertz CT molecular complexity index is 1490. The first-order valence-corrected chi connectivity index (χ1v) is 15.7. The molecule has 0 heterocycles. The number of carbonyl (C=O) groups excluding carboxylic acids is 2. The Hall–Kier alpha value is -3.92. The third-order valence-corrected chi connectivity index (χ3v) is 9.26. The second-order valence-corrected chi connectivity index (χ2v) is 12.4. The summed E-state index contributed by atoms with van der Waals surface area (Å²) in [5.41, 5.74) is 1.28. The maximum atomic E-state index is 14.8. The van der Waals surface area contributed by atoms with E-state index in [1.54, 1.807) is 68.4 Å². The first-order chi connectivity index (χ1) is 20.1. The van der Waals surface area contributed by atoms with E-state index in [0.29, 0.717) is 0 Å². The third-order valence-electron chi connectivity index (χ3n) is 7.49. The van der Waals surface area contributed by atoms with Gasteiger partial charge in [-0.1, -0.05) is 60.9 Å². The van der Waals surface area contributed by atoms with Gasteiger partial charge in [0.05, 0.1) is 17.2 Å². The fourth-order valence-electron chi connectivity index (χ4n) is 5.08. The van der Waals surface area contributed by atoms with Crippen molar-refractivity contribution in [1.82, 2.24) is 10.2 Å². The average molecular weight is 596 g/mol. The summed E-state index contributed by atoms with van der Waals surface area (Å²) in [6.45, 7) is 4.64. The highest BCUT2D eigenvalue weighted by atomic mass is 32.2. The van der Waals surface area contributed by atoms with Crippen molar-refractivity contribution in [2.24, 2.45) is 0 Å². The monoisotopic (exact) mass is 595 g/mol. The van der Waals surface area contributed by atoms with E-state index in [-0.39, 0.29) is 47.0 Å². The van der Waals surface area contributed by atoms with Gasteiger partial charge in [-0.25, -0.2) is 12.8 Å². The molecule has 224 valence electrons. The summed E-state index contributed by atoms with van der Waals surface area (Å²) in [6, 6.07) is 18.0. The number of ether oxygens (including phenoxy) is 1. The Morgan fingerprint density at radius 3 is 2.31 bits per heavy atom. The number of para-hydroxylation sites is 2. The van der Waals surface area contributed by atoms with Crippen molar-refractivity contribution >= 4 is 27.5 Å². The summed E-state index contributed by atoms with van der Waals surface area (Å²) in [5.74, 6) is -1.26. The molecule has 3 aromatic carbocycles. The molecular weight excluding hydrogens is 557 g/mol. The predicted octanol–water partition coefficient (Wildman–Crippen LogP) is 5.20. The number of anilines is 1. The van der Waals surface area contributed by atoms with Crippen LogP contribution in [0.4, 0.5) is 10.1 Å². The molecule has 0 aliphatic heterocycles. The van der Waals surface area contributed by atoms with Gasteiger partial charge in [0, 0.05) is 18.2 Å². The molecule has 10 heteroatoms. The van der Waals surface area contributed by atoms with Gasteiger partial charge < -0.3 is 15.0 Å². The highest BCUT2D eigenvalue weighted by Gasteiger charge is 2.34. The normalized spacial score (nSPS) is 14.3. The van der Waals surface area contributed by atoms with E-state index in [1.807, 2.05) is 6.92 Å². The van der Waals surface area contributed by atoms with Crippen LogP contribution in [0.5, 0.6) is 5.75 Å². The number of carbonyl (C=O) groups is 2. The summed E-state index contributed by atoms with van der Waals surface area (Å²) >= 11 is 0. The predicted molar refractivity (Wildman–Crippen MR) is 160 cm³/mol. The topological polar surface area (TPSA) is 96.0 Å². The lowest BCUT2D eigenvalue weighted by Crippen LogP contribution is -2.52. The molecule has 1 atom stereocenters. The Labute approximate surface area is 247 Å². The summed E-state index contributed by atoms with van der Waals surface area (Å²) in [7, 11) is -4.25. The van der Waals surface area contributed by atoms with E-state index in [4.69, 9.17) is 4.74 Å². The minimum Gasteiger partial charge on any atom is -0.492 e. The van der Waals surface area contributed by atoms with Crippen molar-refractivity contribution in [2.45, 2.75) is 70.0 Å². The summed E-state index contributed by atoms with van der Waals surface area (Å²) < 4.78 is 49.6. The molecule has 0 radical (unpaired) electrons. The van der Waals surface area contributed by atoms with E-state index in [0.717, 1.165) is 35.6 Å². The van der Waals surface area contributed by atoms with Gasteiger partial charge in [0.2, 0.25) is 11.8 Å². The number of halogens is 1. The fourth-order valence-corrected chi connectivity index (χ4v) is 6.50. The maximum Gasteiger partial charge on any atom is 0.264 e. The molecule has 1 aliphatic carbocycles. The number of hydrogen-bond acceptors (Lipinski definition) is 5. The zero-order valence-electron chi connectivity index (χ0n) is 24.3. The first kappa shape index (κ1) is 31.0. The SMILES string of the molecule is CCOc1ccccc1N(CC(=O)N(Cc1ccccc1F)C(C)C(=O)NC1CCCC1)S(=O)(=O)c1ccc(C)cc1. The van der Waals surface area contributed by atoms with Crippen LogP contribution in [0, 0.1) is 12.7 Å². The lowest BCUT2D eigenvalue weighted by atomic mass is 10.1. The van der Waals surface area contributed by atoms with Gasteiger partial charge in [0.15, 0.2) is 0 Å². The Balaban J connectivity index is 1.73. The average Bonchev–Trinajstić information content (AvgIpc) is 3.49. The van der Waals surface area contributed by atoms with Crippen LogP contribution in [0.2, 0.25) is 0 Å². The van der Waals surface area contributed by atoms with Crippen LogP contribution in [0.1, 0.15) is 50.7 Å². The molecule has 1 N–H and O–H groups in total. The van der Waals surface area contributed by atoms with Crippen molar-refractivity contribution in [2.75, 3.05) is 17.5 Å². The summed E-state index contributed by atoms with van der Waals surface area (Å²) in [6.07, 6.45) is 3.75. The molecule has 0 saturated heterocycles. The second-order valence-electron chi connectivity index (χ2n) is 10.5. The van der Waals surface area contributed by atoms with Crippen LogP contribution in [0.25, 0.3) is 0 Å². The van der Waals surface area contributed by atoms with Gasteiger partial charge in [-0.05, 0) is 63.9 Å². The van der Waals surface area contributed by atoms with E-state index in [1.165, 1.54) is 23.1 Å². The summed E-state index contributed by atoms with van der Waals surface area (Å²) in [5, 5.41) is 3.01. The van der Waals surface area contributed by atoms with Crippen LogP contribution in [0.3, 0.4) is 0 Å². The standard InChI is InChI=1S/C32H38FN3O5S/c1-4-41-30-16-10-9-15-29(30)36(42(39,40)27-19-17-23(2)18-20-27)22-31(37)35(21-25-11-5-8-14-28(25)33)24(3)32(38)34-26-12-6-7-13-26/h5,8-11,14-20,24,26H,4,6-7,12-13,21-22H2,1-3H3,(H,34,38). The van der Waals surface area contributed by atoms with Crippen molar-refractivity contribution in [3.05, 3.63) is 89.7 Å². The number of rotatable bonds is 12. The van der Waals surface area contributed by atoms with Crippen molar-refractivity contribution in [3.8, 4) is 5.75 Å². The van der Waals surface area contributed by atoms with Crippen molar-refractivity contribution in [3.63, 3.8) is 0 Å². The Morgan fingerprint density at radius 1 is 1.00 bits per heavy atom. The van der Waals surface area contributed by atoms with E-state index in [2.05, 4.69) is 5.32 Å². The van der Waals surface area contributed by atoms with Crippen LogP contribution in [0.15, 0.2) is 77.7 Å². The lowest BCUT2D eigenvalue weighted by molar-refractivity contribution is -0.139. The Morgan fingerprint density at radius 2 is 1.64 bits per heavy atom. The lowest BCUT2D eigenvalue weighted by Gasteiger charge is -2.33. The molecule has 8 nitrogen and oxygen atoms in total. The van der Waals surface area contributed by atoms with Gasteiger partial charge in [0.1, 0.15) is 24.2 Å². The number of aryl methyl sites for hydroxylation is 1. The van der Waals surface area contributed by atoms with Crippen molar-refractivity contribution in [1.29, 1.82) is 0 Å². The van der Waals surface area contributed by atoms with Gasteiger partial charge in [-0.15, -0.1) is 0 Å². The third kappa shape index (κ3) is 7.28. The molecule has 0 aromatic heterocycles. The van der Waals surface area contributed by atoms with E-state index in [9.17, 15) is 22.4 Å². The first-order valence-electron chi connectivity index (χ1n) is 14.3. The second kappa shape index (κ2) is 13.8. The minimum absolute atomic E-state index is 0.000111. The number of nitrogens with zero attached hydrogens (tertiary/aromatic N) is 2. The highest BCUT2D eigenvalue weighted by molar-refractivity contribution is 7.92. The largest absolute Gasteiger partial charge is 0.492 e. The zero-order valence-corrected chi connectivity index (χ0v) is 25.1. The van der Waals surface area contributed by atoms with Crippen molar-refractivity contribution < 1.29 is 27.1 Å². The number of amides is 2. The van der Waals surface area contributed by atoms with Crippen LogP contribution < -0.4 is 14.4 Å². The Kier molecular flexibility index (Phi) is 10.2. The quantitative estimate of drug-likeness (QED) is 0.310. The van der Waals surface area contributed by atoms with Gasteiger partial charge in [-0.3, -0.25) is 13.9 Å². The number of benzene rings is 3. The molecule has 1 fully saturated rings. The summed E-state index contributed by atoms with van der Waals surface area (Å²) in [4.78, 5) is 28.7. The highest BCUT2D eigenvalue weighted by Crippen LogP contribution is 2.33. The molecule has 1 saturated carbocycles. The molecule has 2 amide bonds. The fraction of sp³-hybridized carbons (Fsp3) is 0.375. The number of hydrogen-bond donors (Lipinski definition) is 1. The molecule has 1 aliphatic rings. The number of nitrogens with one attached hydrogen (secondary N) is 1. The van der Waals surface area contributed by atoms with E-state index >= 15 is 0 Å².